The zero-order valence-electron chi connectivity index (χ0n) is 11.6. The molecule has 0 radical (unpaired) electrons. The van der Waals surface area contributed by atoms with Crippen LogP contribution in [-0.2, 0) is 12.8 Å². The van der Waals surface area contributed by atoms with Crippen LogP contribution in [0.2, 0.25) is 5.02 Å². The maximum Gasteiger partial charge on any atom is 0.261 e. The zero-order valence-corrected chi connectivity index (χ0v) is 12.4. The Hall–Kier alpha value is -2.07. The molecule has 1 aliphatic carbocycles. The first-order chi connectivity index (χ1) is 10.0. The van der Waals surface area contributed by atoms with Gasteiger partial charge in [0.05, 0.1) is 10.7 Å². The second-order valence-corrected chi connectivity index (χ2v) is 5.71. The standard InChI is InChI=1S/C16H15ClN2O2/c1-9-5-6-14(12(17)7-9)19-16(21)11-8-10-3-2-4-13(10)18-15(11)20/h5-8H,2-4H2,1H3,(H,18,20)(H,19,21). The summed E-state index contributed by atoms with van der Waals surface area (Å²) in [6.07, 6.45) is 2.79. The quantitative estimate of drug-likeness (QED) is 0.895. The van der Waals surface area contributed by atoms with E-state index in [2.05, 4.69) is 10.3 Å². The number of H-pyrrole nitrogens is 1. The molecule has 0 unspecified atom stereocenters. The van der Waals surface area contributed by atoms with E-state index in [-0.39, 0.29) is 11.1 Å². The lowest BCUT2D eigenvalue weighted by atomic mass is 10.1. The van der Waals surface area contributed by atoms with Gasteiger partial charge < -0.3 is 10.3 Å². The summed E-state index contributed by atoms with van der Waals surface area (Å²) < 4.78 is 0. The fourth-order valence-corrected chi connectivity index (χ4v) is 2.88. The molecule has 1 heterocycles. The van der Waals surface area contributed by atoms with Crippen LogP contribution in [0.1, 0.15) is 33.6 Å². The lowest BCUT2D eigenvalue weighted by Crippen LogP contribution is -2.24. The molecule has 5 heteroatoms. The van der Waals surface area contributed by atoms with E-state index in [0.29, 0.717) is 10.7 Å². The smallest absolute Gasteiger partial charge is 0.261 e. The Bertz CT molecular complexity index is 780. The summed E-state index contributed by atoms with van der Waals surface area (Å²) >= 11 is 6.09. The second kappa shape index (κ2) is 5.37. The Morgan fingerprint density at radius 3 is 2.86 bits per heavy atom. The number of rotatable bonds is 2. The van der Waals surface area contributed by atoms with Gasteiger partial charge in [0, 0.05) is 5.69 Å². The molecule has 0 fully saturated rings. The number of pyridine rings is 1. The molecule has 1 aromatic carbocycles. The highest BCUT2D eigenvalue weighted by atomic mass is 35.5. The Kier molecular flexibility index (Phi) is 3.55. The third-order valence-corrected chi connectivity index (χ3v) is 4.02. The first-order valence-corrected chi connectivity index (χ1v) is 7.25. The van der Waals surface area contributed by atoms with Crippen molar-refractivity contribution < 1.29 is 4.79 Å². The Labute approximate surface area is 127 Å². The number of hydrogen-bond donors (Lipinski definition) is 2. The number of carbonyl (C=O) groups excluding carboxylic acids is 1. The molecule has 0 atom stereocenters. The van der Waals surface area contributed by atoms with Crippen molar-refractivity contribution in [1.29, 1.82) is 0 Å². The van der Waals surface area contributed by atoms with Gasteiger partial charge in [-0.25, -0.2) is 0 Å². The van der Waals surface area contributed by atoms with Crippen LogP contribution in [0.25, 0.3) is 0 Å². The van der Waals surface area contributed by atoms with E-state index in [1.165, 1.54) is 0 Å². The van der Waals surface area contributed by atoms with Gasteiger partial charge in [-0.05, 0) is 55.5 Å². The van der Waals surface area contributed by atoms with E-state index in [0.717, 1.165) is 36.1 Å². The minimum atomic E-state index is -0.434. The molecule has 108 valence electrons. The average Bonchev–Trinajstić information content (AvgIpc) is 2.88. The molecule has 0 saturated carbocycles. The summed E-state index contributed by atoms with van der Waals surface area (Å²) in [5.74, 6) is -0.434. The van der Waals surface area contributed by atoms with Crippen LogP contribution in [0, 0.1) is 6.92 Å². The molecule has 2 aromatic rings. The van der Waals surface area contributed by atoms with Crippen LogP contribution in [-0.4, -0.2) is 10.9 Å². The highest BCUT2D eigenvalue weighted by molar-refractivity contribution is 6.34. The van der Waals surface area contributed by atoms with Crippen LogP contribution in [0.3, 0.4) is 0 Å². The van der Waals surface area contributed by atoms with E-state index in [9.17, 15) is 9.59 Å². The number of benzene rings is 1. The van der Waals surface area contributed by atoms with Crippen molar-refractivity contribution in [1.82, 2.24) is 4.98 Å². The highest BCUT2D eigenvalue weighted by Gasteiger charge is 2.18. The van der Waals surface area contributed by atoms with Gasteiger partial charge in [-0.2, -0.15) is 0 Å². The summed E-state index contributed by atoms with van der Waals surface area (Å²) in [5.41, 5.74) is 3.30. The Morgan fingerprint density at radius 2 is 2.10 bits per heavy atom. The number of aromatic amines is 1. The molecule has 1 aromatic heterocycles. The van der Waals surface area contributed by atoms with Crippen LogP contribution in [0.5, 0.6) is 0 Å². The molecular formula is C16H15ClN2O2. The van der Waals surface area contributed by atoms with Crippen LogP contribution in [0.4, 0.5) is 5.69 Å². The first kappa shape index (κ1) is 13.9. The third kappa shape index (κ3) is 2.72. The normalized spacial score (nSPS) is 13.0. The van der Waals surface area contributed by atoms with Crippen molar-refractivity contribution in [2.45, 2.75) is 26.2 Å². The number of fused-ring (bicyclic) bond motifs is 1. The molecule has 0 bridgehead atoms. The fraction of sp³-hybridized carbons (Fsp3) is 0.250. The molecule has 1 aliphatic rings. The fourth-order valence-electron chi connectivity index (χ4n) is 2.59. The van der Waals surface area contributed by atoms with Gasteiger partial charge in [-0.1, -0.05) is 17.7 Å². The topological polar surface area (TPSA) is 62.0 Å². The first-order valence-electron chi connectivity index (χ1n) is 6.87. The molecular weight excluding hydrogens is 288 g/mol. The molecule has 0 aliphatic heterocycles. The number of halogens is 1. The van der Waals surface area contributed by atoms with Gasteiger partial charge in [0.15, 0.2) is 0 Å². The zero-order chi connectivity index (χ0) is 15.0. The molecule has 21 heavy (non-hydrogen) atoms. The lowest BCUT2D eigenvalue weighted by molar-refractivity contribution is 0.102. The minimum absolute atomic E-state index is 0.132. The highest BCUT2D eigenvalue weighted by Crippen LogP contribution is 2.24. The third-order valence-electron chi connectivity index (χ3n) is 3.71. The second-order valence-electron chi connectivity index (χ2n) is 5.31. The maximum absolute atomic E-state index is 12.3. The minimum Gasteiger partial charge on any atom is -0.325 e. The molecule has 4 nitrogen and oxygen atoms in total. The average molecular weight is 303 g/mol. The SMILES string of the molecule is Cc1ccc(NC(=O)c2cc3c([nH]c2=O)CCC3)c(Cl)c1. The number of nitrogens with one attached hydrogen (secondary N) is 2. The number of carbonyl (C=O) groups is 1. The lowest BCUT2D eigenvalue weighted by Gasteiger charge is -2.08. The van der Waals surface area contributed by atoms with Gasteiger partial charge in [-0.3, -0.25) is 9.59 Å². The number of hydrogen-bond acceptors (Lipinski definition) is 2. The van der Waals surface area contributed by atoms with Crippen LogP contribution >= 0.6 is 11.6 Å². The largest absolute Gasteiger partial charge is 0.325 e. The summed E-state index contributed by atoms with van der Waals surface area (Å²) in [7, 11) is 0. The van der Waals surface area contributed by atoms with Crippen molar-refractivity contribution in [3.8, 4) is 0 Å². The molecule has 2 N–H and O–H groups in total. The number of aryl methyl sites for hydroxylation is 3. The molecule has 1 amide bonds. The van der Waals surface area contributed by atoms with Gasteiger partial charge in [0.1, 0.15) is 5.56 Å². The van der Waals surface area contributed by atoms with Crippen molar-refractivity contribution >= 4 is 23.2 Å². The Balaban J connectivity index is 1.91. The number of anilines is 1. The van der Waals surface area contributed by atoms with Gasteiger partial charge in [-0.15, -0.1) is 0 Å². The predicted octanol–water partition coefficient (Wildman–Crippen LogP) is 3.08. The maximum atomic E-state index is 12.3. The van der Waals surface area contributed by atoms with E-state index in [4.69, 9.17) is 11.6 Å². The van der Waals surface area contributed by atoms with Gasteiger partial charge >= 0.3 is 0 Å². The van der Waals surface area contributed by atoms with Crippen molar-refractivity contribution in [3.63, 3.8) is 0 Å². The van der Waals surface area contributed by atoms with E-state index in [1.54, 1.807) is 18.2 Å². The molecule has 3 rings (SSSR count). The van der Waals surface area contributed by atoms with Crippen molar-refractivity contribution in [2.24, 2.45) is 0 Å². The summed E-state index contributed by atoms with van der Waals surface area (Å²) in [5, 5.41) is 3.15. The van der Waals surface area contributed by atoms with E-state index in [1.807, 2.05) is 13.0 Å². The van der Waals surface area contributed by atoms with Gasteiger partial charge in [0.2, 0.25) is 0 Å². The van der Waals surface area contributed by atoms with Gasteiger partial charge in [0.25, 0.3) is 11.5 Å². The van der Waals surface area contributed by atoms with Crippen molar-refractivity contribution in [3.05, 3.63) is 62.0 Å². The predicted molar refractivity (Wildman–Crippen MR) is 83.2 cm³/mol. The molecule has 0 spiro atoms. The summed E-state index contributed by atoms with van der Waals surface area (Å²) in [4.78, 5) is 27.1. The summed E-state index contributed by atoms with van der Waals surface area (Å²) in [6, 6.07) is 7.05. The van der Waals surface area contributed by atoms with Crippen LogP contribution in [0.15, 0.2) is 29.1 Å². The van der Waals surface area contributed by atoms with Crippen molar-refractivity contribution in [2.75, 3.05) is 5.32 Å². The number of aromatic nitrogens is 1. The van der Waals surface area contributed by atoms with E-state index >= 15 is 0 Å². The van der Waals surface area contributed by atoms with E-state index < -0.39 is 5.91 Å². The molecule has 0 saturated heterocycles. The number of amides is 1. The Morgan fingerprint density at radius 1 is 1.29 bits per heavy atom. The summed E-state index contributed by atoms with van der Waals surface area (Å²) in [6.45, 7) is 1.92. The monoisotopic (exact) mass is 302 g/mol. The van der Waals surface area contributed by atoms with Crippen LogP contribution < -0.4 is 10.9 Å².